The molecular formula is C13H11BrFN3S. The Bertz CT molecular complexity index is 577. The highest BCUT2D eigenvalue weighted by Gasteiger charge is 2.04. The Balaban J connectivity index is 1.91. The van der Waals surface area contributed by atoms with Crippen LogP contribution in [0.25, 0.3) is 0 Å². The van der Waals surface area contributed by atoms with Crippen LogP contribution in [0.3, 0.4) is 0 Å². The number of benzene rings is 1. The fraction of sp³-hybridized carbons (Fsp3) is 0.0769. The first kappa shape index (κ1) is 13.9. The minimum Gasteiger partial charge on any atom is -0.358 e. The third-order valence-corrected chi connectivity index (χ3v) is 3.12. The molecular weight excluding hydrogens is 329 g/mol. The van der Waals surface area contributed by atoms with Gasteiger partial charge in [-0.25, -0.2) is 4.39 Å². The second kappa shape index (κ2) is 6.58. The zero-order valence-electron chi connectivity index (χ0n) is 9.86. The van der Waals surface area contributed by atoms with Gasteiger partial charge in [0.2, 0.25) is 0 Å². The van der Waals surface area contributed by atoms with Crippen molar-refractivity contribution in [2.45, 2.75) is 6.54 Å². The van der Waals surface area contributed by atoms with Crippen molar-refractivity contribution >= 4 is 38.9 Å². The molecule has 0 unspecified atom stereocenters. The summed E-state index contributed by atoms with van der Waals surface area (Å²) in [6.45, 7) is 0.562. The van der Waals surface area contributed by atoms with E-state index in [1.54, 1.807) is 24.5 Å². The molecule has 6 heteroatoms. The van der Waals surface area contributed by atoms with Crippen LogP contribution in [0.4, 0.5) is 10.1 Å². The second-order valence-electron chi connectivity index (χ2n) is 3.79. The lowest BCUT2D eigenvalue weighted by Gasteiger charge is -2.11. The van der Waals surface area contributed by atoms with Crippen LogP contribution in [0, 0.1) is 5.82 Å². The van der Waals surface area contributed by atoms with Crippen LogP contribution in [0.1, 0.15) is 5.56 Å². The molecule has 0 saturated carbocycles. The first-order chi connectivity index (χ1) is 9.15. The second-order valence-corrected chi connectivity index (χ2v) is 5.11. The summed E-state index contributed by atoms with van der Waals surface area (Å²) < 4.78 is 14.3. The minimum atomic E-state index is -0.359. The normalized spacial score (nSPS) is 10.0. The highest BCUT2D eigenvalue weighted by molar-refractivity contribution is 9.10. The number of rotatable bonds is 3. The summed E-state index contributed by atoms with van der Waals surface area (Å²) in [6.07, 6.45) is 3.42. The maximum atomic E-state index is 13.6. The van der Waals surface area contributed by atoms with E-state index in [1.807, 2.05) is 12.1 Å². The fourth-order valence-corrected chi connectivity index (χ4v) is 1.96. The summed E-state index contributed by atoms with van der Waals surface area (Å²) in [5, 5.41) is 6.19. The zero-order valence-corrected chi connectivity index (χ0v) is 12.3. The van der Waals surface area contributed by atoms with Crippen molar-refractivity contribution < 1.29 is 4.39 Å². The van der Waals surface area contributed by atoms with Gasteiger partial charge in [-0.05, 0) is 48.1 Å². The van der Waals surface area contributed by atoms with Crippen LogP contribution in [0.2, 0.25) is 0 Å². The van der Waals surface area contributed by atoms with Gasteiger partial charge in [0.1, 0.15) is 5.82 Å². The molecule has 3 nitrogen and oxygen atoms in total. The lowest BCUT2D eigenvalue weighted by atomic mass is 10.3. The topological polar surface area (TPSA) is 37.0 Å². The van der Waals surface area contributed by atoms with Crippen molar-refractivity contribution in [2.24, 2.45) is 0 Å². The van der Waals surface area contributed by atoms with Crippen LogP contribution in [0.5, 0.6) is 0 Å². The number of aromatic nitrogens is 1. The highest BCUT2D eigenvalue weighted by atomic mass is 79.9. The Kier molecular flexibility index (Phi) is 4.81. The summed E-state index contributed by atoms with van der Waals surface area (Å²) in [5.41, 5.74) is 1.39. The van der Waals surface area contributed by atoms with Crippen LogP contribution in [-0.4, -0.2) is 10.1 Å². The minimum absolute atomic E-state index is 0.343. The van der Waals surface area contributed by atoms with Gasteiger partial charge >= 0.3 is 0 Å². The number of hydrogen-bond donors (Lipinski definition) is 2. The molecule has 0 aliphatic rings. The van der Waals surface area contributed by atoms with E-state index in [-0.39, 0.29) is 5.82 Å². The number of nitrogens with zero attached hydrogens (tertiary/aromatic N) is 1. The lowest BCUT2D eigenvalue weighted by Crippen LogP contribution is -2.28. The molecule has 0 spiro atoms. The summed E-state index contributed by atoms with van der Waals surface area (Å²) in [4.78, 5) is 3.93. The number of pyridine rings is 1. The van der Waals surface area contributed by atoms with E-state index in [0.717, 1.165) is 5.56 Å². The molecule has 0 amide bonds. The molecule has 1 aromatic carbocycles. The molecule has 2 N–H and O–H groups in total. The van der Waals surface area contributed by atoms with Crippen molar-refractivity contribution in [3.63, 3.8) is 0 Å². The van der Waals surface area contributed by atoms with Crippen molar-refractivity contribution in [2.75, 3.05) is 5.32 Å². The molecule has 2 rings (SSSR count). The van der Waals surface area contributed by atoms with Crippen LogP contribution in [0.15, 0.2) is 47.2 Å². The van der Waals surface area contributed by atoms with Gasteiger partial charge in [-0.3, -0.25) is 4.98 Å². The van der Waals surface area contributed by atoms with Crippen molar-refractivity contribution in [3.05, 3.63) is 58.6 Å². The molecule has 0 radical (unpaired) electrons. The van der Waals surface area contributed by atoms with Crippen molar-refractivity contribution in [1.82, 2.24) is 10.3 Å². The van der Waals surface area contributed by atoms with E-state index >= 15 is 0 Å². The number of thiocarbonyl (C=S) groups is 1. The van der Waals surface area contributed by atoms with E-state index in [1.165, 1.54) is 6.07 Å². The molecule has 0 atom stereocenters. The molecule has 2 aromatic rings. The largest absolute Gasteiger partial charge is 0.358 e. The Morgan fingerprint density at radius 2 is 2.00 bits per heavy atom. The van der Waals surface area contributed by atoms with Crippen LogP contribution < -0.4 is 10.6 Å². The first-order valence-corrected chi connectivity index (χ1v) is 6.74. The maximum Gasteiger partial charge on any atom is 0.171 e. The third-order valence-electron chi connectivity index (χ3n) is 2.38. The number of anilines is 1. The molecule has 0 fully saturated rings. The van der Waals surface area contributed by atoms with E-state index < -0.39 is 0 Å². The van der Waals surface area contributed by atoms with Crippen LogP contribution >= 0.6 is 28.1 Å². The van der Waals surface area contributed by atoms with E-state index in [9.17, 15) is 4.39 Å². The lowest BCUT2D eigenvalue weighted by molar-refractivity contribution is 0.631. The molecule has 1 heterocycles. The summed E-state index contributed by atoms with van der Waals surface area (Å²) in [7, 11) is 0. The summed E-state index contributed by atoms with van der Waals surface area (Å²) >= 11 is 8.31. The number of nitrogens with one attached hydrogen (secondary N) is 2. The standard InChI is InChI=1S/C13H11BrFN3S/c14-10-1-2-12(11(15)7-10)18-13(19)17-8-9-3-5-16-6-4-9/h1-7H,8H2,(H2,17,18,19). The van der Waals surface area contributed by atoms with Crippen molar-refractivity contribution in [1.29, 1.82) is 0 Å². The molecule has 0 aliphatic carbocycles. The molecule has 98 valence electrons. The molecule has 0 bridgehead atoms. The van der Waals surface area contributed by atoms with Crippen LogP contribution in [-0.2, 0) is 6.54 Å². The molecule has 1 aromatic heterocycles. The molecule has 0 aliphatic heterocycles. The average molecular weight is 340 g/mol. The Hall–Kier alpha value is -1.53. The number of hydrogen-bond acceptors (Lipinski definition) is 2. The maximum absolute atomic E-state index is 13.6. The first-order valence-electron chi connectivity index (χ1n) is 5.54. The molecule has 19 heavy (non-hydrogen) atoms. The van der Waals surface area contributed by atoms with Gasteiger partial charge in [0.15, 0.2) is 5.11 Å². The highest BCUT2D eigenvalue weighted by Crippen LogP contribution is 2.19. The van der Waals surface area contributed by atoms with Gasteiger partial charge in [-0.15, -0.1) is 0 Å². The third kappa shape index (κ3) is 4.25. The van der Waals surface area contributed by atoms with Gasteiger partial charge < -0.3 is 10.6 Å². The van der Waals surface area contributed by atoms with Gasteiger partial charge in [-0.2, -0.15) is 0 Å². The van der Waals surface area contributed by atoms with E-state index in [0.29, 0.717) is 21.8 Å². The van der Waals surface area contributed by atoms with Gasteiger partial charge in [0.25, 0.3) is 0 Å². The smallest absolute Gasteiger partial charge is 0.171 e. The number of halogens is 2. The fourth-order valence-electron chi connectivity index (χ4n) is 1.44. The summed E-state index contributed by atoms with van der Waals surface area (Å²) in [5.74, 6) is -0.359. The Morgan fingerprint density at radius 3 is 2.68 bits per heavy atom. The van der Waals surface area contributed by atoms with E-state index in [2.05, 4.69) is 31.5 Å². The monoisotopic (exact) mass is 339 g/mol. The molecule has 0 saturated heterocycles. The Labute approximate surface area is 124 Å². The van der Waals surface area contributed by atoms with Gasteiger partial charge in [0.05, 0.1) is 5.69 Å². The predicted molar refractivity (Wildman–Crippen MR) is 81.4 cm³/mol. The SMILES string of the molecule is Fc1cc(Br)ccc1NC(=S)NCc1ccncc1. The summed E-state index contributed by atoms with van der Waals surface area (Å²) in [6, 6.07) is 8.52. The van der Waals surface area contributed by atoms with Gasteiger partial charge in [-0.1, -0.05) is 15.9 Å². The van der Waals surface area contributed by atoms with E-state index in [4.69, 9.17) is 12.2 Å². The predicted octanol–water partition coefficient (Wildman–Crippen LogP) is 3.47. The van der Waals surface area contributed by atoms with Crippen molar-refractivity contribution in [3.8, 4) is 0 Å². The Morgan fingerprint density at radius 1 is 1.26 bits per heavy atom. The zero-order chi connectivity index (χ0) is 13.7. The average Bonchev–Trinajstić information content (AvgIpc) is 2.41. The quantitative estimate of drug-likeness (QED) is 0.839. The van der Waals surface area contributed by atoms with Gasteiger partial charge in [0, 0.05) is 23.4 Å².